The Balaban J connectivity index is 1.29. The minimum atomic E-state index is -0.680. The monoisotopic (exact) mass is 415 g/mol. The van der Waals surface area contributed by atoms with E-state index in [9.17, 15) is 15.0 Å². The summed E-state index contributed by atoms with van der Waals surface area (Å²) in [5.41, 5.74) is 0.774. The van der Waals surface area contributed by atoms with Crippen LogP contribution < -0.4 is 0 Å². The van der Waals surface area contributed by atoms with Crippen molar-refractivity contribution in [2.45, 2.75) is 63.4 Å². The summed E-state index contributed by atoms with van der Waals surface area (Å²) < 4.78 is 12.4. The quantitative estimate of drug-likeness (QED) is 0.568. The second-order valence-corrected chi connectivity index (χ2v) is 10.4. The minimum absolute atomic E-state index is 0.0474. The largest absolute Gasteiger partial charge is 0.508 e. The predicted molar refractivity (Wildman–Crippen MR) is 111 cm³/mol. The molecule has 0 amide bonds. The summed E-state index contributed by atoms with van der Waals surface area (Å²) in [5.74, 6) is 0.484. The molecule has 5 rings (SSSR count). The fraction of sp³-hybridized carbons (Fsp3) is 0.708. The average molecular weight is 416 g/mol. The van der Waals surface area contributed by atoms with Gasteiger partial charge in [0.2, 0.25) is 0 Å². The van der Waals surface area contributed by atoms with E-state index in [1.54, 1.807) is 24.3 Å². The van der Waals surface area contributed by atoms with Gasteiger partial charge in [-0.3, -0.25) is 4.79 Å². The third-order valence-corrected chi connectivity index (χ3v) is 8.46. The van der Waals surface area contributed by atoms with Crippen molar-refractivity contribution in [3.05, 3.63) is 29.8 Å². The van der Waals surface area contributed by atoms with Gasteiger partial charge in [-0.2, -0.15) is 0 Å². The molecule has 2 saturated heterocycles. The molecule has 4 aliphatic rings. The number of likely N-dealkylation sites (N-methyl/N-ethyl adjacent to an activating group) is 1. The zero-order valence-corrected chi connectivity index (χ0v) is 18.1. The molecule has 4 fully saturated rings. The van der Waals surface area contributed by atoms with Crippen LogP contribution in [0.5, 0.6) is 5.75 Å². The van der Waals surface area contributed by atoms with Gasteiger partial charge in [-0.15, -0.1) is 0 Å². The maximum absolute atomic E-state index is 12.8. The van der Waals surface area contributed by atoms with Gasteiger partial charge in [-0.25, -0.2) is 0 Å². The van der Waals surface area contributed by atoms with Crippen molar-refractivity contribution in [1.82, 2.24) is 4.90 Å². The van der Waals surface area contributed by atoms with E-state index in [0.29, 0.717) is 19.0 Å². The molecule has 0 unspecified atom stereocenters. The Morgan fingerprint density at radius 2 is 2.03 bits per heavy atom. The highest BCUT2D eigenvalue weighted by Crippen LogP contribution is 2.70. The summed E-state index contributed by atoms with van der Waals surface area (Å²) in [6, 6.07) is 6.60. The number of ether oxygens (including phenoxy) is 2. The molecular formula is C24H33NO5. The third-order valence-electron chi connectivity index (χ3n) is 8.46. The first-order chi connectivity index (χ1) is 14.2. The third kappa shape index (κ3) is 2.91. The molecule has 2 saturated carbocycles. The van der Waals surface area contributed by atoms with E-state index in [4.69, 9.17) is 9.47 Å². The van der Waals surface area contributed by atoms with Crippen molar-refractivity contribution in [2.24, 2.45) is 23.2 Å². The van der Waals surface area contributed by atoms with Crippen LogP contribution in [0.1, 0.15) is 51.2 Å². The van der Waals surface area contributed by atoms with E-state index in [0.717, 1.165) is 18.4 Å². The molecule has 0 radical (unpaired) electrons. The number of hydrogen-bond donors (Lipinski definition) is 2. The number of rotatable bonds is 5. The Morgan fingerprint density at radius 1 is 1.30 bits per heavy atom. The number of phenolic OH excluding ortho intramolecular Hbond substituents is 1. The Labute approximate surface area is 178 Å². The fourth-order valence-electron chi connectivity index (χ4n) is 6.95. The minimum Gasteiger partial charge on any atom is -0.508 e. The lowest BCUT2D eigenvalue weighted by molar-refractivity contribution is -0.146. The molecular weight excluding hydrogens is 382 g/mol. The lowest BCUT2D eigenvalue weighted by atomic mass is 9.53. The van der Waals surface area contributed by atoms with E-state index in [-0.39, 0.29) is 46.8 Å². The highest BCUT2D eigenvalue weighted by atomic mass is 16.6. The molecule has 1 spiro atoms. The van der Waals surface area contributed by atoms with Gasteiger partial charge in [-0.05, 0) is 49.9 Å². The molecule has 0 bridgehead atoms. The zero-order chi connectivity index (χ0) is 21.3. The number of aliphatic hydroxyl groups is 1. The van der Waals surface area contributed by atoms with Gasteiger partial charge in [0.25, 0.3) is 0 Å². The van der Waals surface area contributed by atoms with Crippen molar-refractivity contribution in [2.75, 3.05) is 20.1 Å². The second-order valence-electron chi connectivity index (χ2n) is 10.4. The summed E-state index contributed by atoms with van der Waals surface area (Å²) in [7, 11) is 1.93. The number of aromatic hydroxyl groups is 1. The molecule has 30 heavy (non-hydrogen) atoms. The highest BCUT2D eigenvalue weighted by molar-refractivity contribution is 5.76. The van der Waals surface area contributed by atoms with Gasteiger partial charge >= 0.3 is 5.97 Å². The number of fused-ring (bicyclic) bond motifs is 2. The number of epoxide rings is 1. The Bertz CT molecular complexity index is 827. The molecule has 1 aromatic rings. The molecule has 6 nitrogen and oxygen atoms in total. The number of benzene rings is 1. The van der Waals surface area contributed by atoms with Crippen molar-refractivity contribution < 1.29 is 24.5 Å². The van der Waals surface area contributed by atoms with Crippen LogP contribution in [0.3, 0.4) is 0 Å². The lowest BCUT2D eigenvalue weighted by Gasteiger charge is -2.49. The average Bonchev–Trinajstić information content (AvgIpc) is 3.37. The summed E-state index contributed by atoms with van der Waals surface area (Å²) in [6.45, 7) is 5.61. The van der Waals surface area contributed by atoms with Crippen molar-refractivity contribution >= 4 is 5.97 Å². The van der Waals surface area contributed by atoms with E-state index in [1.165, 1.54) is 12.8 Å². The molecule has 2 heterocycles. The lowest BCUT2D eigenvalue weighted by Crippen LogP contribution is -2.54. The molecule has 0 aromatic heterocycles. The predicted octanol–water partition coefficient (Wildman–Crippen LogP) is 2.88. The number of aliphatic hydroxyl groups excluding tert-OH is 1. The van der Waals surface area contributed by atoms with Gasteiger partial charge < -0.3 is 24.6 Å². The van der Waals surface area contributed by atoms with Gasteiger partial charge in [0, 0.05) is 24.4 Å². The van der Waals surface area contributed by atoms with Crippen molar-refractivity contribution in [3.63, 3.8) is 0 Å². The summed E-state index contributed by atoms with van der Waals surface area (Å²) in [5, 5.41) is 20.0. The first-order valence-electron chi connectivity index (χ1n) is 11.3. The maximum Gasteiger partial charge on any atom is 0.311 e. The van der Waals surface area contributed by atoms with Crippen LogP contribution in [0.15, 0.2) is 24.3 Å². The molecule has 6 heteroatoms. The normalized spacial score (nSPS) is 42.8. The van der Waals surface area contributed by atoms with Gasteiger partial charge in [-0.1, -0.05) is 32.4 Å². The number of carbonyl (C=O) groups is 1. The van der Waals surface area contributed by atoms with Crippen LogP contribution in [0.4, 0.5) is 0 Å². The van der Waals surface area contributed by atoms with E-state index >= 15 is 0 Å². The maximum atomic E-state index is 12.8. The number of nitrogens with zero attached hydrogens (tertiary/aromatic N) is 1. The Morgan fingerprint density at radius 3 is 2.77 bits per heavy atom. The Kier molecular flexibility index (Phi) is 4.69. The summed E-state index contributed by atoms with van der Waals surface area (Å²) in [6.07, 6.45) is 3.86. The molecule has 2 aliphatic heterocycles. The number of phenols is 1. The molecule has 2 aliphatic carbocycles. The van der Waals surface area contributed by atoms with Crippen LogP contribution in [0, 0.1) is 23.2 Å². The summed E-state index contributed by atoms with van der Waals surface area (Å²) >= 11 is 0. The van der Waals surface area contributed by atoms with Crippen LogP contribution in [-0.4, -0.2) is 59.0 Å². The van der Waals surface area contributed by atoms with Crippen molar-refractivity contribution in [3.8, 4) is 5.75 Å². The molecule has 1 aromatic carbocycles. The van der Waals surface area contributed by atoms with E-state index < -0.39 is 6.10 Å². The fourth-order valence-corrected chi connectivity index (χ4v) is 6.95. The summed E-state index contributed by atoms with van der Waals surface area (Å²) in [4.78, 5) is 14.8. The Hall–Kier alpha value is -1.63. The topological polar surface area (TPSA) is 82.5 Å². The van der Waals surface area contributed by atoms with Crippen molar-refractivity contribution in [1.29, 1.82) is 0 Å². The SMILES string of the molecule is C[C@H]1CCC[C@]2(C)C[C@H]3OC(=O)[C@H](CN(C)C[C@H](O)c4ccc(O)cc4)[C@H]3[C@@H]3O[C@@]132. The van der Waals surface area contributed by atoms with Crippen LogP contribution >= 0.6 is 0 Å². The first kappa shape index (κ1) is 20.3. The smallest absolute Gasteiger partial charge is 0.311 e. The number of esters is 1. The zero-order valence-electron chi connectivity index (χ0n) is 18.1. The molecule has 164 valence electrons. The van der Waals surface area contributed by atoms with Crippen LogP contribution in [0.2, 0.25) is 0 Å². The van der Waals surface area contributed by atoms with Gasteiger partial charge in [0.1, 0.15) is 17.5 Å². The number of carbonyl (C=O) groups excluding carboxylic acids is 1. The number of hydrogen-bond acceptors (Lipinski definition) is 6. The molecule has 2 N–H and O–H groups in total. The first-order valence-corrected chi connectivity index (χ1v) is 11.3. The standard InChI is InChI=1S/C24H33NO5/c1-14-5-4-10-23(2)11-19-20(21-24(14,23)30-21)17(22(28)29-19)12-25(3)13-18(27)15-6-8-16(26)9-7-15/h6-9,14,17-21,26-27H,4-5,10-13H2,1-3H3/t14-,17+,18-,19+,20+,21-,23+,24-/m0/s1. The van der Waals surface area contributed by atoms with Gasteiger partial charge in [0.05, 0.1) is 18.1 Å². The van der Waals surface area contributed by atoms with Crippen LogP contribution in [0.25, 0.3) is 0 Å². The van der Waals surface area contributed by atoms with Crippen LogP contribution in [-0.2, 0) is 14.3 Å². The second kappa shape index (κ2) is 6.94. The van der Waals surface area contributed by atoms with E-state index in [2.05, 4.69) is 13.8 Å². The van der Waals surface area contributed by atoms with E-state index in [1.807, 2.05) is 11.9 Å². The highest BCUT2D eigenvalue weighted by Gasteiger charge is 2.78. The van der Waals surface area contributed by atoms with Gasteiger partial charge in [0.15, 0.2) is 0 Å². The molecule has 8 atom stereocenters.